The topological polar surface area (TPSA) is 48.8 Å². The summed E-state index contributed by atoms with van der Waals surface area (Å²) in [7, 11) is 1.62. The monoisotopic (exact) mass is 330 g/mol. The van der Waals surface area contributed by atoms with E-state index in [2.05, 4.69) is 11.1 Å². The number of hydrogen-bond acceptors (Lipinski definition) is 2. The second-order valence-electron chi connectivity index (χ2n) is 4.87. The van der Waals surface area contributed by atoms with Gasteiger partial charge in [0.05, 0.1) is 19.6 Å². The molecule has 1 aromatic heterocycles. The van der Waals surface area contributed by atoms with E-state index in [1.54, 1.807) is 13.2 Å². The van der Waals surface area contributed by atoms with Crippen LogP contribution in [0.5, 0.6) is 5.75 Å². The van der Waals surface area contributed by atoms with Gasteiger partial charge in [-0.2, -0.15) is 5.26 Å². The summed E-state index contributed by atoms with van der Waals surface area (Å²) in [4.78, 5) is 3.19. The number of fused-ring (bicyclic) bond motifs is 1. The molecule has 0 atom stereocenters. The van der Waals surface area contributed by atoms with Crippen molar-refractivity contribution in [2.24, 2.45) is 0 Å². The smallest absolute Gasteiger partial charge is 0.127 e. The van der Waals surface area contributed by atoms with Gasteiger partial charge < -0.3 is 9.72 Å². The predicted molar refractivity (Wildman–Crippen MR) is 89.6 cm³/mol. The number of ether oxygens (including phenoxy) is 1. The lowest BCUT2D eigenvalue weighted by Gasteiger charge is -2.12. The van der Waals surface area contributed by atoms with Crippen LogP contribution in [0.1, 0.15) is 5.56 Å². The fourth-order valence-corrected chi connectivity index (χ4v) is 3.18. The first kappa shape index (κ1) is 14.8. The Labute approximate surface area is 138 Å². The second kappa shape index (κ2) is 5.92. The molecule has 0 saturated heterocycles. The van der Waals surface area contributed by atoms with Gasteiger partial charge in [-0.1, -0.05) is 23.2 Å². The quantitative estimate of drug-likeness (QED) is 0.715. The van der Waals surface area contributed by atoms with Gasteiger partial charge in [0.2, 0.25) is 0 Å². The molecule has 0 fully saturated rings. The maximum atomic E-state index is 9.04. The van der Waals surface area contributed by atoms with Crippen LogP contribution >= 0.6 is 23.2 Å². The molecule has 0 aliphatic carbocycles. The normalized spacial score (nSPS) is 10.6. The zero-order valence-electron chi connectivity index (χ0n) is 11.8. The van der Waals surface area contributed by atoms with Crippen molar-refractivity contribution in [3.63, 3.8) is 0 Å². The fraction of sp³-hybridized carbons (Fsp3) is 0.118. The third-order valence-corrected chi connectivity index (χ3v) is 3.97. The first-order valence-electron chi connectivity index (χ1n) is 6.64. The summed E-state index contributed by atoms with van der Waals surface area (Å²) >= 11 is 12.3. The minimum Gasteiger partial charge on any atom is -0.496 e. The molecule has 0 radical (unpaired) electrons. The van der Waals surface area contributed by atoms with Gasteiger partial charge in [0.1, 0.15) is 5.75 Å². The maximum Gasteiger partial charge on any atom is 0.127 e. The van der Waals surface area contributed by atoms with Crippen LogP contribution in [-0.4, -0.2) is 12.1 Å². The SMILES string of the molecule is COc1ccc2[nH]cc(CC#N)c2c1-c1cc(Cl)cc(Cl)c1. The number of aromatic amines is 1. The van der Waals surface area contributed by atoms with Crippen LogP contribution in [-0.2, 0) is 6.42 Å². The van der Waals surface area contributed by atoms with Crippen LogP contribution < -0.4 is 4.74 Å². The molecule has 3 rings (SSSR count). The first-order chi connectivity index (χ1) is 10.6. The molecule has 0 bridgehead atoms. The van der Waals surface area contributed by atoms with Gasteiger partial charge in [-0.3, -0.25) is 0 Å². The van der Waals surface area contributed by atoms with Crippen LogP contribution in [0.2, 0.25) is 10.0 Å². The molecule has 3 aromatic rings. The van der Waals surface area contributed by atoms with Crippen LogP contribution in [0.25, 0.3) is 22.0 Å². The van der Waals surface area contributed by atoms with E-state index < -0.39 is 0 Å². The summed E-state index contributed by atoms with van der Waals surface area (Å²) in [6, 6.07) is 11.4. The van der Waals surface area contributed by atoms with E-state index in [1.165, 1.54) is 0 Å². The Morgan fingerprint density at radius 1 is 1.18 bits per heavy atom. The minimum atomic E-state index is 0.314. The lowest BCUT2D eigenvalue weighted by molar-refractivity contribution is 0.417. The minimum absolute atomic E-state index is 0.314. The maximum absolute atomic E-state index is 9.04. The molecule has 0 amide bonds. The van der Waals surface area contributed by atoms with Gasteiger partial charge >= 0.3 is 0 Å². The molecule has 0 unspecified atom stereocenters. The number of nitrogens with zero attached hydrogens (tertiary/aromatic N) is 1. The molecule has 5 heteroatoms. The zero-order valence-corrected chi connectivity index (χ0v) is 13.3. The average Bonchev–Trinajstić information content (AvgIpc) is 2.89. The van der Waals surface area contributed by atoms with E-state index in [1.807, 2.05) is 30.5 Å². The third-order valence-electron chi connectivity index (χ3n) is 3.53. The van der Waals surface area contributed by atoms with Crippen LogP contribution in [0.15, 0.2) is 36.5 Å². The number of halogens is 2. The van der Waals surface area contributed by atoms with Gasteiger partial charge in [0.25, 0.3) is 0 Å². The van der Waals surface area contributed by atoms with Crippen LogP contribution in [0, 0.1) is 11.3 Å². The Morgan fingerprint density at radius 3 is 2.55 bits per heavy atom. The number of methoxy groups -OCH3 is 1. The van der Waals surface area contributed by atoms with Gasteiger partial charge in [0.15, 0.2) is 0 Å². The van der Waals surface area contributed by atoms with Gasteiger partial charge in [0, 0.05) is 32.7 Å². The average molecular weight is 331 g/mol. The summed E-state index contributed by atoms with van der Waals surface area (Å²) < 4.78 is 5.51. The summed E-state index contributed by atoms with van der Waals surface area (Å²) in [5.74, 6) is 0.713. The van der Waals surface area contributed by atoms with E-state index in [0.717, 1.165) is 27.6 Å². The van der Waals surface area contributed by atoms with Crippen molar-refractivity contribution in [1.29, 1.82) is 5.26 Å². The molecule has 0 aliphatic heterocycles. The number of aromatic nitrogens is 1. The number of H-pyrrole nitrogens is 1. The van der Waals surface area contributed by atoms with Crippen molar-refractivity contribution in [3.8, 4) is 22.9 Å². The standard InChI is InChI=1S/C17H12Cl2N2O/c1-22-15-3-2-14-16(10(4-5-20)9-21-14)17(15)11-6-12(18)8-13(19)7-11/h2-3,6-9,21H,4H2,1H3. The molecular weight excluding hydrogens is 319 g/mol. The molecule has 22 heavy (non-hydrogen) atoms. The first-order valence-corrected chi connectivity index (χ1v) is 7.40. The molecule has 3 nitrogen and oxygen atoms in total. The molecule has 1 heterocycles. The summed E-state index contributed by atoms with van der Waals surface area (Å²) in [5, 5.41) is 11.1. The molecular formula is C17H12Cl2N2O. The molecule has 110 valence electrons. The molecule has 0 spiro atoms. The largest absolute Gasteiger partial charge is 0.496 e. The van der Waals surface area contributed by atoms with Gasteiger partial charge in [-0.15, -0.1) is 0 Å². The van der Waals surface area contributed by atoms with Crippen molar-refractivity contribution < 1.29 is 4.74 Å². The number of rotatable bonds is 3. The highest BCUT2D eigenvalue weighted by atomic mass is 35.5. The van der Waals surface area contributed by atoms with Gasteiger partial charge in [-0.05, 0) is 41.5 Å². The summed E-state index contributed by atoms with van der Waals surface area (Å²) in [6.45, 7) is 0. The number of benzene rings is 2. The lowest BCUT2D eigenvalue weighted by atomic mass is 9.97. The number of hydrogen-bond donors (Lipinski definition) is 1. The Bertz CT molecular complexity index is 873. The van der Waals surface area contributed by atoms with E-state index in [9.17, 15) is 0 Å². The molecule has 2 aromatic carbocycles. The van der Waals surface area contributed by atoms with Crippen molar-refractivity contribution >= 4 is 34.1 Å². The molecule has 0 aliphatic rings. The third kappa shape index (κ3) is 2.52. The number of nitrogens with one attached hydrogen (secondary N) is 1. The van der Waals surface area contributed by atoms with Crippen molar-refractivity contribution in [2.75, 3.05) is 7.11 Å². The molecule has 0 saturated carbocycles. The predicted octanol–water partition coefficient (Wildman–Crippen LogP) is 5.22. The van der Waals surface area contributed by atoms with E-state index in [4.69, 9.17) is 33.2 Å². The van der Waals surface area contributed by atoms with Crippen LogP contribution in [0.4, 0.5) is 0 Å². The van der Waals surface area contributed by atoms with E-state index >= 15 is 0 Å². The summed E-state index contributed by atoms with van der Waals surface area (Å²) in [6.07, 6.45) is 2.16. The zero-order chi connectivity index (χ0) is 15.7. The fourth-order valence-electron chi connectivity index (χ4n) is 2.65. The highest BCUT2D eigenvalue weighted by Gasteiger charge is 2.16. The Hall–Kier alpha value is -2.15. The van der Waals surface area contributed by atoms with Crippen molar-refractivity contribution in [3.05, 3.63) is 52.1 Å². The van der Waals surface area contributed by atoms with Crippen LogP contribution in [0.3, 0.4) is 0 Å². The Morgan fingerprint density at radius 2 is 1.91 bits per heavy atom. The Kier molecular flexibility index (Phi) is 3.98. The van der Waals surface area contributed by atoms with Crippen molar-refractivity contribution in [1.82, 2.24) is 4.98 Å². The summed E-state index contributed by atoms with van der Waals surface area (Å²) in [5.41, 5.74) is 3.61. The van der Waals surface area contributed by atoms with E-state index in [0.29, 0.717) is 22.2 Å². The highest BCUT2D eigenvalue weighted by molar-refractivity contribution is 6.35. The highest BCUT2D eigenvalue weighted by Crippen LogP contribution is 2.40. The second-order valence-corrected chi connectivity index (χ2v) is 5.75. The van der Waals surface area contributed by atoms with E-state index in [-0.39, 0.29) is 0 Å². The lowest BCUT2D eigenvalue weighted by Crippen LogP contribution is -1.91. The van der Waals surface area contributed by atoms with Gasteiger partial charge in [-0.25, -0.2) is 0 Å². The van der Waals surface area contributed by atoms with Crippen molar-refractivity contribution in [2.45, 2.75) is 6.42 Å². The Balaban J connectivity index is 2.39. The molecule has 1 N–H and O–H groups in total. The number of nitriles is 1.